The van der Waals surface area contributed by atoms with Crippen LogP contribution in [0.2, 0.25) is 0 Å². The summed E-state index contributed by atoms with van der Waals surface area (Å²) >= 11 is 0. The molecule has 0 bridgehead atoms. The van der Waals surface area contributed by atoms with Crippen LogP contribution in [0.15, 0.2) is 30.3 Å². The molecule has 2 rings (SSSR count). The van der Waals surface area contributed by atoms with Gasteiger partial charge in [0.15, 0.2) is 0 Å². The van der Waals surface area contributed by atoms with Crippen molar-refractivity contribution in [3.05, 3.63) is 35.9 Å². The number of hydrogen-bond donors (Lipinski definition) is 0. The van der Waals surface area contributed by atoms with Gasteiger partial charge in [-0.25, -0.2) is 0 Å². The van der Waals surface area contributed by atoms with Crippen molar-refractivity contribution in [3.63, 3.8) is 0 Å². The molecule has 14 heavy (non-hydrogen) atoms. The summed E-state index contributed by atoms with van der Waals surface area (Å²) < 4.78 is 11.1. The maximum atomic E-state index is 5.55. The molecule has 74 valence electrons. The Morgan fingerprint density at radius 3 is 2.21 bits per heavy atom. The quantitative estimate of drug-likeness (QED) is 0.664. The van der Waals surface area contributed by atoms with E-state index in [2.05, 4.69) is 26.0 Å². The van der Waals surface area contributed by atoms with Gasteiger partial charge in [0, 0.05) is 5.31 Å². The van der Waals surface area contributed by atoms with E-state index in [4.69, 9.17) is 9.31 Å². The second-order valence-corrected chi connectivity index (χ2v) is 4.16. The van der Waals surface area contributed by atoms with Crippen LogP contribution in [-0.4, -0.2) is 20.3 Å². The van der Waals surface area contributed by atoms with Crippen LogP contribution in [0.4, 0.5) is 0 Å². The second-order valence-electron chi connectivity index (χ2n) is 4.16. The van der Waals surface area contributed by atoms with Crippen LogP contribution < -0.4 is 0 Å². The van der Waals surface area contributed by atoms with Crippen molar-refractivity contribution in [2.45, 2.75) is 19.2 Å². The van der Waals surface area contributed by atoms with Crippen molar-refractivity contribution in [3.8, 4) is 0 Å². The first kappa shape index (κ1) is 9.75. The normalized spacial score (nSPS) is 17.4. The van der Waals surface area contributed by atoms with Gasteiger partial charge >= 0.3 is 7.12 Å². The summed E-state index contributed by atoms with van der Waals surface area (Å²) in [5, 5.41) is -0.0717. The molecule has 0 radical (unpaired) electrons. The van der Waals surface area contributed by atoms with Crippen molar-refractivity contribution in [2.75, 3.05) is 13.2 Å². The minimum atomic E-state index is -0.107. The van der Waals surface area contributed by atoms with Crippen molar-refractivity contribution in [1.82, 2.24) is 0 Å². The lowest BCUT2D eigenvalue weighted by Crippen LogP contribution is -2.39. The predicted octanol–water partition coefficient (Wildman–Crippen LogP) is 2.04. The number of rotatable bonds is 2. The molecule has 0 amide bonds. The molecule has 1 heterocycles. The van der Waals surface area contributed by atoms with E-state index < -0.39 is 0 Å². The molecule has 0 saturated carbocycles. The zero-order valence-corrected chi connectivity index (χ0v) is 8.69. The largest absolute Gasteiger partial charge is 0.467 e. The fourth-order valence-corrected chi connectivity index (χ4v) is 1.78. The highest BCUT2D eigenvalue weighted by Crippen LogP contribution is 2.28. The summed E-state index contributed by atoms with van der Waals surface area (Å²) in [5.74, 6) is 0. The first-order valence-corrected chi connectivity index (χ1v) is 5.00. The van der Waals surface area contributed by atoms with Gasteiger partial charge in [-0.3, -0.25) is 0 Å². The summed E-state index contributed by atoms with van der Waals surface area (Å²) in [5.41, 5.74) is 1.26. The van der Waals surface area contributed by atoms with Crippen LogP contribution in [0.25, 0.3) is 0 Å². The zero-order valence-electron chi connectivity index (χ0n) is 8.69. The molecule has 0 spiro atoms. The molecule has 1 aromatic carbocycles. The van der Waals surface area contributed by atoms with Gasteiger partial charge in [-0.15, -0.1) is 0 Å². The Balaban J connectivity index is 2.22. The first-order valence-electron chi connectivity index (χ1n) is 5.00. The Kier molecular flexibility index (Phi) is 2.61. The Hall–Kier alpha value is -0.795. The molecule has 1 aromatic rings. The van der Waals surface area contributed by atoms with E-state index in [1.54, 1.807) is 0 Å². The molecule has 1 saturated heterocycles. The Labute approximate surface area is 85.4 Å². The van der Waals surface area contributed by atoms with Crippen LogP contribution in [-0.2, 0) is 14.6 Å². The maximum Gasteiger partial charge on any atom is 0.467 e. The fraction of sp³-hybridized carbons (Fsp3) is 0.455. The van der Waals surface area contributed by atoms with Gasteiger partial charge in [-0.2, -0.15) is 0 Å². The van der Waals surface area contributed by atoms with Gasteiger partial charge in [0.25, 0.3) is 0 Å². The lowest BCUT2D eigenvalue weighted by molar-refractivity contribution is 0.335. The van der Waals surface area contributed by atoms with Gasteiger partial charge in [0.2, 0.25) is 0 Å². The van der Waals surface area contributed by atoms with E-state index in [-0.39, 0.29) is 12.4 Å². The van der Waals surface area contributed by atoms with Crippen LogP contribution in [0.3, 0.4) is 0 Å². The van der Waals surface area contributed by atoms with Gasteiger partial charge in [0.05, 0.1) is 13.2 Å². The third kappa shape index (κ3) is 1.70. The molecule has 0 atom stereocenters. The summed E-state index contributed by atoms with van der Waals surface area (Å²) in [7, 11) is -0.107. The van der Waals surface area contributed by atoms with E-state index in [1.165, 1.54) is 5.56 Å². The van der Waals surface area contributed by atoms with E-state index in [0.29, 0.717) is 13.2 Å². The van der Waals surface area contributed by atoms with Crippen LogP contribution >= 0.6 is 0 Å². The molecule has 1 aliphatic rings. The summed E-state index contributed by atoms with van der Waals surface area (Å²) in [4.78, 5) is 0. The maximum absolute atomic E-state index is 5.55. The molecule has 0 N–H and O–H groups in total. The summed E-state index contributed by atoms with van der Waals surface area (Å²) in [6.07, 6.45) is 0. The molecule has 0 aromatic heterocycles. The molecular formula is C11H15BO2. The summed E-state index contributed by atoms with van der Waals surface area (Å²) in [6.45, 7) is 5.72. The van der Waals surface area contributed by atoms with E-state index in [9.17, 15) is 0 Å². The molecular weight excluding hydrogens is 175 g/mol. The topological polar surface area (TPSA) is 18.5 Å². The minimum absolute atomic E-state index is 0.0717. The second kappa shape index (κ2) is 3.75. The third-order valence-corrected chi connectivity index (χ3v) is 2.73. The van der Waals surface area contributed by atoms with Crippen molar-refractivity contribution in [2.24, 2.45) is 0 Å². The Morgan fingerprint density at radius 1 is 1.07 bits per heavy atom. The SMILES string of the molecule is CC(C)(B1OCCO1)c1ccccc1. The standard InChI is InChI=1S/C11H15BO2/c1-11(2,12-13-8-9-14-12)10-6-4-3-5-7-10/h3-7H,8-9H2,1-2H3. The van der Waals surface area contributed by atoms with Crippen molar-refractivity contribution in [1.29, 1.82) is 0 Å². The van der Waals surface area contributed by atoms with Crippen LogP contribution in [0.1, 0.15) is 19.4 Å². The lowest BCUT2D eigenvalue weighted by Gasteiger charge is -2.26. The fourth-order valence-electron chi connectivity index (χ4n) is 1.78. The van der Waals surface area contributed by atoms with Crippen molar-refractivity contribution >= 4 is 7.12 Å². The molecule has 1 aliphatic heterocycles. The molecule has 3 heteroatoms. The van der Waals surface area contributed by atoms with E-state index >= 15 is 0 Å². The first-order chi connectivity index (χ1) is 6.71. The van der Waals surface area contributed by atoms with E-state index in [1.807, 2.05) is 18.2 Å². The van der Waals surface area contributed by atoms with E-state index in [0.717, 1.165) is 0 Å². The average Bonchev–Trinajstić information content (AvgIpc) is 2.72. The number of benzene rings is 1. The van der Waals surface area contributed by atoms with Crippen LogP contribution in [0, 0.1) is 0 Å². The average molecular weight is 190 g/mol. The smallest absolute Gasteiger partial charge is 0.408 e. The highest BCUT2D eigenvalue weighted by molar-refractivity contribution is 6.49. The minimum Gasteiger partial charge on any atom is -0.408 e. The highest BCUT2D eigenvalue weighted by atomic mass is 16.6. The van der Waals surface area contributed by atoms with Gasteiger partial charge < -0.3 is 9.31 Å². The zero-order chi connectivity index (χ0) is 10.0. The monoisotopic (exact) mass is 190 g/mol. The van der Waals surface area contributed by atoms with Gasteiger partial charge in [0.1, 0.15) is 0 Å². The predicted molar refractivity (Wildman–Crippen MR) is 57.1 cm³/mol. The molecule has 0 unspecified atom stereocenters. The molecule has 2 nitrogen and oxygen atoms in total. The summed E-state index contributed by atoms with van der Waals surface area (Å²) in [6, 6.07) is 10.4. The lowest BCUT2D eigenvalue weighted by atomic mass is 9.56. The van der Waals surface area contributed by atoms with Gasteiger partial charge in [-0.1, -0.05) is 44.2 Å². The van der Waals surface area contributed by atoms with Gasteiger partial charge in [-0.05, 0) is 5.56 Å². The molecule has 1 fully saturated rings. The number of hydrogen-bond acceptors (Lipinski definition) is 2. The van der Waals surface area contributed by atoms with Crippen molar-refractivity contribution < 1.29 is 9.31 Å². The highest BCUT2D eigenvalue weighted by Gasteiger charge is 2.41. The Morgan fingerprint density at radius 2 is 1.64 bits per heavy atom. The molecule has 0 aliphatic carbocycles. The van der Waals surface area contributed by atoms with Crippen LogP contribution in [0.5, 0.6) is 0 Å². The third-order valence-electron chi connectivity index (χ3n) is 2.73. The Bertz CT molecular complexity index is 291.